The molecule has 0 fully saturated rings. The minimum absolute atomic E-state index is 0.653. The van der Waals surface area contributed by atoms with Crippen molar-refractivity contribution >= 4 is 9.73 Å². The fourth-order valence-corrected chi connectivity index (χ4v) is 3.67. The van der Waals surface area contributed by atoms with Crippen LogP contribution in [0.15, 0.2) is 87.6 Å². The van der Waals surface area contributed by atoms with Crippen LogP contribution in [-0.4, -0.2) is 19.1 Å². The lowest BCUT2D eigenvalue weighted by Crippen LogP contribution is -2.04. The largest absolute Gasteiger partial charge is 0.238 e. The maximum atomic E-state index is 13.4. The first kappa shape index (κ1) is 12.6. The minimum Gasteiger partial charge on any atom is -0.238 e. The lowest BCUT2D eigenvalue weighted by molar-refractivity contribution is 0.670. The van der Waals surface area contributed by atoms with Crippen molar-refractivity contribution in [3.8, 4) is 0 Å². The van der Waals surface area contributed by atoms with Gasteiger partial charge in [-0.1, -0.05) is 36.4 Å². The van der Waals surface area contributed by atoms with Crippen LogP contribution in [0.2, 0.25) is 0 Å². The maximum Gasteiger partial charge on any atom is 0.142 e. The molecule has 0 amide bonds. The summed E-state index contributed by atoms with van der Waals surface area (Å²) in [5, 5.41) is 7.37. The van der Waals surface area contributed by atoms with Crippen LogP contribution in [0.3, 0.4) is 0 Å². The molecule has 0 N–H and O–H groups in total. The third-order valence-electron chi connectivity index (χ3n) is 2.74. The third kappa shape index (κ3) is 2.33. The highest BCUT2D eigenvalue weighted by molar-refractivity contribution is 7.93. The van der Waals surface area contributed by atoms with Crippen molar-refractivity contribution in [1.29, 1.82) is 0 Å². The fourth-order valence-electron chi connectivity index (χ4n) is 1.81. The Kier molecular flexibility index (Phi) is 3.30. The quantitative estimate of drug-likeness (QED) is 0.743. The predicted molar refractivity (Wildman–Crippen MR) is 75.4 cm³/mol. The van der Waals surface area contributed by atoms with E-state index < -0.39 is 9.73 Å². The summed E-state index contributed by atoms with van der Waals surface area (Å²) < 4.78 is 19.1. The zero-order valence-electron chi connectivity index (χ0n) is 10.5. The highest BCUT2D eigenvalue weighted by Gasteiger charge is 2.15. The lowest BCUT2D eigenvalue weighted by atomic mass is 10.4. The van der Waals surface area contributed by atoms with Gasteiger partial charge in [0, 0.05) is 0 Å². The van der Waals surface area contributed by atoms with Crippen LogP contribution in [0.4, 0.5) is 0 Å². The molecule has 0 aliphatic rings. The number of benzene rings is 2. The zero-order chi connectivity index (χ0) is 13.8. The SMILES string of the molecule is O=S(=Nn1cnnc1)(c1ccccc1)c1ccccc1. The molecule has 1 aromatic heterocycles. The van der Waals surface area contributed by atoms with Gasteiger partial charge in [-0.25, -0.2) is 4.21 Å². The molecule has 5 nitrogen and oxygen atoms in total. The molecule has 1 heterocycles. The van der Waals surface area contributed by atoms with Gasteiger partial charge >= 0.3 is 0 Å². The van der Waals surface area contributed by atoms with E-state index in [0.717, 1.165) is 0 Å². The van der Waals surface area contributed by atoms with Crippen molar-refractivity contribution in [2.45, 2.75) is 9.79 Å². The molecular weight excluding hydrogens is 272 g/mol. The van der Waals surface area contributed by atoms with Gasteiger partial charge < -0.3 is 0 Å². The summed E-state index contributed by atoms with van der Waals surface area (Å²) in [5.41, 5.74) is 0. The van der Waals surface area contributed by atoms with Crippen LogP contribution >= 0.6 is 0 Å². The average molecular weight is 284 g/mol. The number of nitrogens with zero attached hydrogens (tertiary/aromatic N) is 4. The second-order valence-electron chi connectivity index (χ2n) is 4.08. The second kappa shape index (κ2) is 5.26. The first-order chi connectivity index (χ1) is 9.79. The Morgan fingerprint density at radius 2 is 1.25 bits per heavy atom. The highest BCUT2D eigenvalue weighted by atomic mass is 32.2. The van der Waals surface area contributed by atoms with Crippen LogP contribution in [-0.2, 0) is 9.73 Å². The van der Waals surface area contributed by atoms with Gasteiger partial charge in [-0.05, 0) is 24.3 Å². The van der Waals surface area contributed by atoms with E-state index in [-0.39, 0.29) is 0 Å². The molecule has 20 heavy (non-hydrogen) atoms. The van der Waals surface area contributed by atoms with E-state index in [4.69, 9.17) is 0 Å². The van der Waals surface area contributed by atoms with Crippen LogP contribution in [0.25, 0.3) is 0 Å². The molecule has 0 aliphatic carbocycles. The van der Waals surface area contributed by atoms with E-state index in [1.54, 1.807) is 0 Å². The Balaban J connectivity index is 2.27. The van der Waals surface area contributed by atoms with Crippen molar-refractivity contribution in [1.82, 2.24) is 14.9 Å². The van der Waals surface area contributed by atoms with E-state index in [1.807, 2.05) is 60.7 Å². The Hall–Kier alpha value is -2.47. The van der Waals surface area contributed by atoms with E-state index >= 15 is 0 Å². The fraction of sp³-hybridized carbons (Fsp3) is 0. The van der Waals surface area contributed by atoms with Gasteiger partial charge in [0.25, 0.3) is 0 Å². The number of aromatic nitrogens is 3. The summed E-state index contributed by atoms with van der Waals surface area (Å²) in [6, 6.07) is 18.4. The van der Waals surface area contributed by atoms with E-state index in [0.29, 0.717) is 9.79 Å². The summed E-state index contributed by atoms with van der Waals surface area (Å²) in [5.74, 6) is 0. The number of hydrogen-bond donors (Lipinski definition) is 0. The molecule has 0 spiro atoms. The summed E-state index contributed by atoms with van der Waals surface area (Å²) in [7, 11) is -2.76. The molecule has 0 saturated heterocycles. The second-order valence-corrected chi connectivity index (χ2v) is 6.23. The molecule has 0 radical (unpaired) electrons. The molecule has 0 saturated carbocycles. The summed E-state index contributed by atoms with van der Waals surface area (Å²) in [6.45, 7) is 0. The standard InChI is InChI=1S/C14H12N4OS/c19-20(13-7-3-1-4-8-13,14-9-5-2-6-10-14)17-18-11-15-16-12-18/h1-12H. The molecule has 0 aliphatic heterocycles. The van der Waals surface area contributed by atoms with E-state index in [9.17, 15) is 4.21 Å². The zero-order valence-corrected chi connectivity index (χ0v) is 11.4. The van der Waals surface area contributed by atoms with Crippen LogP contribution in [0.5, 0.6) is 0 Å². The smallest absolute Gasteiger partial charge is 0.142 e. The molecule has 3 aromatic rings. The predicted octanol–water partition coefficient (Wildman–Crippen LogP) is 2.63. The summed E-state index contributed by atoms with van der Waals surface area (Å²) >= 11 is 0. The van der Waals surface area contributed by atoms with E-state index in [2.05, 4.69) is 14.7 Å². The normalized spacial score (nSPS) is 11.2. The summed E-state index contributed by atoms with van der Waals surface area (Å²) in [4.78, 5) is 1.31. The van der Waals surface area contributed by atoms with Gasteiger partial charge in [-0.3, -0.25) is 0 Å². The molecule has 6 heteroatoms. The van der Waals surface area contributed by atoms with Crippen LogP contribution < -0.4 is 0 Å². The first-order valence-electron chi connectivity index (χ1n) is 6.01. The van der Waals surface area contributed by atoms with E-state index in [1.165, 1.54) is 17.3 Å². The molecule has 2 aromatic carbocycles. The highest BCUT2D eigenvalue weighted by Crippen LogP contribution is 2.23. The van der Waals surface area contributed by atoms with Gasteiger partial charge in [-0.15, -0.1) is 14.7 Å². The number of rotatable bonds is 3. The molecule has 0 unspecified atom stereocenters. The van der Waals surface area contributed by atoms with Crippen molar-refractivity contribution in [2.24, 2.45) is 4.47 Å². The van der Waals surface area contributed by atoms with Gasteiger partial charge in [0.15, 0.2) is 0 Å². The van der Waals surface area contributed by atoms with Crippen LogP contribution in [0, 0.1) is 0 Å². The topological polar surface area (TPSA) is 60.1 Å². The van der Waals surface area contributed by atoms with Gasteiger partial charge in [0.1, 0.15) is 22.4 Å². The molecule has 0 atom stereocenters. The van der Waals surface area contributed by atoms with Crippen LogP contribution in [0.1, 0.15) is 0 Å². The Bertz CT molecular complexity index is 746. The van der Waals surface area contributed by atoms with Gasteiger partial charge in [-0.2, -0.15) is 4.68 Å². The molecular formula is C14H12N4OS. The Morgan fingerprint density at radius 1 is 0.800 bits per heavy atom. The monoisotopic (exact) mass is 284 g/mol. The average Bonchev–Trinajstić information content (AvgIpc) is 3.02. The van der Waals surface area contributed by atoms with Gasteiger partial charge in [0.05, 0.1) is 9.79 Å². The van der Waals surface area contributed by atoms with Gasteiger partial charge in [0.2, 0.25) is 0 Å². The molecule has 100 valence electrons. The maximum absolute atomic E-state index is 13.4. The minimum atomic E-state index is -2.76. The molecule has 3 rings (SSSR count). The van der Waals surface area contributed by atoms with Crippen molar-refractivity contribution < 1.29 is 4.21 Å². The number of hydrogen-bond acceptors (Lipinski definition) is 4. The third-order valence-corrected chi connectivity index (χ3v) is 4.98. The molecule has 0 bridgehead atoms. The Labute approximate surface area is 117 Å². The first-order valence-corrected chi connectivity index (χ1v) is 7.53. The van der Waals surface area contributed by atoms with Crippen molar-refractivity contribution in [3.63, 3.8) is 0 Å². The van der Waals surface area contributed by atoms with Crippen molar-refractivity contribution in [3.05, 3.63) is 73.3 Å². The lowest BCUT2D eigenvalue weighted by Gasteiger charge is -2.10. The van der Waals surface area contributed by atoms with Crippen molar-refractivity contribution in [2.75, 3.05) is 0 Å². The Morgan fingerprint density at radius 3 is 1.70 bits per heavy atom. The summed E-state index contributed by atoms with van der Waals surface area (Å²) in [6.07, 6.45) is 2.84.